The number of allylic oxidation sites excluding steroid dienone is 14. The highest BCUT2D eigenvalue weighted by molar-refractivity contribution is 5.76. The fraction of sp³-hybridized carbons (Fsp3) is 0.766. The maximum absolute atomic E-state index is 13.2. The van der Waals surface area contributed by atoms with E-state index in [1.54, 1.807) is 0 Å². The van der Waals surface area contributed by atoms with Gasteiger partial charge in [-0.1, -0.05) is 227 Å². The Balaban J connectivity index is 1.55. The molecule has 9 N–H and O–H groups in total. The van der Waals surface area contributed by atoms with Crippen molar-refractivity contribution in [2.45, 2.75) is 293 Å². The van der Waals surface area contributed by atoms with Crippen molar-refractivity contribution in [3.8, 4) is 0 Å². The molecule has 2 saturated heterocycles. The molecule has 0 saturated carbocycles. The van der Waals surface area contributed by atoms with Gasteiger partial charge in [-0.15, -0.1) is 0 Å². The van der Waals surface area contributed by atoms with Gasteiger partial charge in [0.25, 0.3) is 0 Å². The Hall–Kier alpha value is -2.83. The highest BCUT2D eigenvalue weighted by atomic mass is 16.7. The van der Waals surface area contributed by atoms with E-state index in [0.717, 1.165) is 103 Å². The minimum Gasteiger partial charge on any atom is -0.394 e. The SMILES string of the molecule is CC/C=C\C/C=C\C/C=C\C/C=C\C/C=C\C/C=C\C/C=C\CCCCCCCCCCCCCCCCCC(=O)NC(COC1OC(CO)C(OC2OC(CO)C(O)C(O)C2O)C(O)C1O)C(O)CCCCCCCCC. The van der Waals surface area contributed by atoms with Crippen LogP contribution < -0.4 is 5.32 Å². The summed E-state index contributed by atoms with van der Waals surface area (Å²) in [6.07, 6.45) is 49.3. The van der Waals surface area contributed by atoms with Crippen molar-refractivity contribution in [2.75, 3.05) is 19.8 Å². The molecule has 0 aromatic rings. The molecule has 0 bridgehead atoms. The predicted octanol–water partition coefficient (Wildman–Crippen LogP) is 10.9. The highest BCUT2D eigenvalue weighted by Gasteiger charge is 2.51. The number of rotatable bonds is 48. The lowest BCUT2D eigenvalue weighted by Crippen LogP contribution is -2.65. The molecule has 0 aromatic heterocycles. The minimum absolute atomic E-state index is 0.214. The lowest BCUT2D eigenvalue weighted by Gasteiger charge is -2.46. The second-order valence-electron chi connectivity index (χ2n) is 21.5. The normalized spacial score (nSPS) is 25.2. The summed E-state index contributed by atoms with van der Waals surface area (Å²) in [5.41, 5.74) is 0. The zero-order chi connectivity index (χ0) is 56.7. The second kappa shape index (κ2) is 48.8. The standard InChI is InChI=1S/C64H111NO13/c1-3-5-7-9-11-12-13-14-15-16-17-18-19-20-21-22-23-24-25-26-27-28-29-30-31-32-33-34-35-36-37-38-39-40-42-44-46-48-56(69)65-52(53(68)47-45-43-41-10-8-6-4-2)51-75-63-61(74)59(72)62(55(50-67)77-63)78-64-60(73)58(71)57(70)54(49-66)76-64/h5,7,11-12,14-15,17-18,20-21,23-24,26-27,52-55,57-64,66-68,70-74H,3-4,6,8-10,13,16,19,22,25,28-51H2,1-2H3,(H,65,69)/b7-5-,12-11-,15-14-,18-17-,21-20-,24-23-,27-26-. The number of aliphatic hydroxyl groups is 8. The van der Waals surface area contributed by atoms with E-state index >= 15 is 0 Å². The van der Waals surface area contributed by atoms with Gasteiger partial charge in [0.2, 0.25) is 5.91 Å². The van der Waals surface area contributed by atoms with E-state index in [1.807, 2.05) is 0 Å². The number of unbranched alkanes of at least 4 members (excludes halogenated alkanes) is 21. The fourth-order valence-corrected chi connectivity index (χ4v) is 9.69. The topological polar surface area (TPSA) is 228 Å². The Kier molecular flexibility index (Phi) is 44.6. The van der Waals surface area contributed by atoms with E-state index in [4.69, 9.17) is 18.9 Å². The van der Waals surface area contributed by atoms with Crippen LogP contribution in [0.15, 0.2) is 85.1 Å². The molecule has 1 amide bonds. The summed E-state index contributed by atoms with van der Waals surface area (Å²) in [5, 5.41) is 86.8. The maximum atomic E-state index is 13.2. The van der Waals surface area contributed by atoms with Crippen molar-refractivity contribution in [1.29, 1.82) is 0 Å². The fourth-order valence-electron chi connectivity index (χ4n) is 9.69. The third kappa shape index (κ3) is 33.8. The Morgan fingerprint density at radius 2 is 0.885 bits per heavy atom. The summed E-state index contributed by atoms with van der Waals surface area (Å²) in [6, 6.07) is -0.829. The number of amides is 1. The van der Waals surface area contributed by atoms with Crippen LogP contribution in [0, 0.1) is 0 Å². The molecule has 2 aliphatic heterocycles. The predicted molar refractivity (Wildman–Crippen MR) is 313 cm³/mol. The van der Waals surface area contributed by atoms with Gasteiger partial charge in [-0.25, -0.2) is 0 Å². The Bertz CT molecular complexity index is 1630. The second-order valence-corrected chi connectivity index (χ2v) is 21.5. The van der Waals surface area contributed by atoms with Gasteiger partial charge in [0.05, 0.1) is 32.0 Å². The Morgan fingerprint density at radius 1 is 0.474 bits per heavy atom. The zero-order valence-corrected chi connectivity index (χ0v) is 48.4. The van der Waals surface area contributed by atoms with E-state index in [0.29, 0.717) is 12.8 Å². The van der Waals surface area contributed by atoms with E-state index in [9.17, 15) is 45.6 Å². The monoisotopic (exact) mass is 1100 g/mol. The molecule has 450 valence electrons. The first-order valence-electron chi connectivity index (χ1n) is 30.8. The first-order chi connectivity index (χ1) is 38.1. The van der Waals surface area contributed by atoms with Crippen LogP contribution in [-0.4, -0.2) is 140 Å². The van der Waals surface area contributed by atoms with Crippen molar-refractivity contribution < 1.29 is 64.6 Å². The van der Waals surface area contributed by atoms with Crippen LogP contribution >= 0.6 is 0 Å². The quantitative estimate of drug-likeness (QED) is 0.0204. The molecule has 0 spiro atoms. The molecular weight excluding hydrogens is 991 g/mol. The smallest absolute Gasteiger partial charge is 0.220 e. The van der Waals surface area contributed by atoms with Crippen molar-refractivity contribution in [3.05, 3.63) is 85.1 Å². The first kappa shape index (κ1) is 71.3. The summed E-state index contributed by atoms with van der Waals surface area (Å²) in [4.78, 5) is 13.2. The van der Waals surface area contributed by atoms with E-state index in [2.05, 4.69) is 104 Å². The van der Waals surface area contributed by atoms with Crippen LogP contribution in [0.3, 0.4) is 0 Å². The number of nitrogens with one attached hydrogen (secondary N) is 1. The number of carbonyl (C=O) groups excluding carboxylic acids is 1. The molecule has 2 aliphatic rings. The molecule has 14 heteroatoms. The molecule has 12 unspecified atom stereocenters. The molecule has 2 heterocycles. The summed E-state index contributed by atoms with van der Waals surface area (Å²) < 4.78 is 22.7. The van der Waals surface area contributed by atoms with Gasteiger partial charge in [-0.05, 0) is 70.6 Å². The molecule has 0 aromatic carbocycles. The van der Waals surface area contributed by atoms with Crippen molar-refractivity contribution in [1.82, 2.24) is 5.32 Å². The van der Waals surface area contributed by atoms with Gasteiger partial charge in [-0.3, -0.25) is 4.79 Å². The number of ether oxygens (including phenoxy) is 4. The van der Waals surface area contributed by atoms with Crippen LogP contribution in [0.1, 0.15) is 219 Å². The first-order valence-corrected chi connectivity index (χ1v) is 30.8. The van der Waals surface area contributed by atoms with Gasteiger partial charge < -0.3 is 65.1 Å². The maximum Gasteiger partial charge on any atom is 0.220 e. The van der Waals surface area contributed by atoms with Gasteiger partial charge in [-0.2, -0.15) is 0 Å². The Morgan fingerprint density at radius 3 is 1.36 bits per heavy atom. The van der Waals surface area contributed by atoms with Crippen LogP contribution in [-0.2, 0) is 23.7 Å². The van der Waals surface area contributed by atoms with Crippen molar-refractivity contribution in [3.63, 3.8) is 0 Å². The van der Waals surface area contributed by atoms with Gasteiger partial charge in [0.1, 0.15) is 48.8 Å². The minimum atomic E-state index is -1.78. The van der Waals surface area contributed by atoms with E-state index in [-0.39, 0.29) is 12.5 Å². The lowest BCUT2D eigenvalue weighted by atomic mass is 9.97. The van der Waals surface area contributed by atoms with Crippen molar-refractivity contribution >= 4 is 5.91 Å². The largest absolute Gasteiger partial charge is 0.394 e. The van der Waals surface area contributed by atoms with E-state index in [1.165, 1.54) is 89.9 Å². The molecule has 0 radical (unpaired) electrons. The number of hydrogen-bond acceptors (Lipinski definition) is 13. The van der Waals surface area contributed by atoms with Crippen LogP contribution in [0.25, 0.3) is 0 Å². The van der Waals surface area contributed by atoms with Crippen LogP contribution in [0.2, 0.25) is 0 Å². The van der Waals surface area contributed by atoms with Gasteiger partial charge >= 0.3 is 0 Å². The summed E-state index contributed by atoms with van der Waals surface area (Å²) in [7, 11) is 0. The molecule has 2 rings (SSSR count). The highest BCUT2D eigenvalue weighted by Crippen LogP contribution is 2.30. The third-order valence-corrected chi connectivity index (χ3v) is 14.6. The van der Waals surface area contributed by atoms with Gasteiger partial charge in [0.15, 0.2) is 12.6 Å². The lowest BCUT2D eigenvalue weighted by molar-refractivity contribution is -0.359. The number of hydrogen-bond donors (Lipinski definition) is 9. The molecular formula is C64H111NO13. The zero-order valence-electron chi connectivity index (χ0n) is 48.4. The molecule has 78 heavy (non-hydrogen) atoms. The van der Waals surface area contributed by atoms with Crippen LogP contribution in [0.4, 0.5) is 0 Å². The molecule has 2 fully saturated rings. The van der Waals surface area contributed by atoms with Crippen LogP contribution in [0.5, 0.6) is 0 Å². The number of carbonyl (C=O) groups is 1. The average molecular weight is 1100 g/mol. The van der Waals surface area contributed by atoms with Gasteiger partial charge in [0, 0.05) is 6.42 Å². The Labute approximate surface area is 471 Å². The third-order valence-electron chi connectivity index (χ3n) is 14.6. The molecule has 12 atom stereocenters. The molecule has 14 nitrogen and oxygen atoms in total. The molecule has 0 aliphatic carbocycles. The summed E-state index contributed by atoms with van der Waals surface area (Å²) in [6.45, 7) is 2.68. The summed E-state index contributed by atoms with van der Waals surface area (Å²) >= 11 is 0. The van der Waals surface area contributed by atoms with Crippen molar-refractivity contribution in [2.24, 2.45) is 0 Å². The average Bonchev–Trinajstić information content (AvgIpc) is 3.47. The summed E-state index contributed by atoms with van der Waals surface area (Å²) in [5.74, 6) is -0.214. The number of aliphatic hydroxyl groups excluding tert-OH is 8. The van der Waals surface area contributed by atoms with E-state index < -0.39 is 86.8 Å².